The molecule has 0 saturated carbocycles. The third kappa shape index (κ3) is 3.05. The van der Waals surface area contributed by atoms with Crippen molar-refractivity contribution in [1.82, 2.24) is 5.32 Å². The summed E-state index contributed by atoms with van der Waals surface area (Å²) < 4.78 is 17.6. The topological polar surface area (TPSA) is 39.7 Å². The first-order chi connectivity index (χ1) is 8.86. The number of rotatable bonds is 3. The molecule has 3 aliphatic heterocycles. The molecule has 0 aromatic carbocycles. The molecule has 3 fully saturated rings. The van der Waals surface area contributed by atoms with Crippen molar-refractivity contribution in [3.05, 3.63) is 0 Å². The SMILES string of the molecule is C1CC(COC2CCOC3(CCOCC3)C2)CN1. The van der Waals surface area contributed by atoms with Gasteiger partial charge in [-0.05, 0) is 38.1 Å². The van der Waals surface area contributed by atoms with Gasteiger partial charge >= 0.3 is 0 Å². The predicted octanol–water partition coefficient (Wildman–Crippen LogP) is 1.34. The van der Waals surface area contributed by atoms with E-state index in [0.717, 1.165) is 71.1 Å². The number of hydrogen-bond acceptors (Lipinski definition) is 4. The van der Waals surface area contributed by atoms with Crippen LogP contribution in [0, 0.1) is 5.92 Å². The molecule has 104 valence electrons. The highest BCUT2D eigenvalue weighted by atomic mass is 16.5. The number of nitrogens with one attached hydrogen (secondary N) is 1. The van der Waals surface area contributed by atoms with Crippen LogP contribution in [0.15, 0.2) is 0 Å². The van der Waals surface area contributed by atoms with Crippen molar-refractivity contribution >= 4 is 0 Å². The second-order valence-electron chi connectivity index (χ2n) is 5.95. The monoisotopic (exact) mass is 255 g/mol. The molecule has 3 rings (SSSR count). The molecule has 2 unspecified atom stereocenters. The van der Waals surface area contributed by atoms with Crippen LogP contribution in [-0.4, -0.2) is 51.2 Å². The lowest BCUT2D eigenvalue weighted by molar-refractivity contribution is -0.171. The van der Waals surface area contributed by atoms with Gasteiger partial charge in [-0.15, -0.1) is 0 Å². The molecule has 0 aromatic rings. The third-order valence-electron chi connectivity index (χ3n) is 4.58. The van der Waals surface area contributed by atoms with E-state index in [1.165, 1.54) is 6.42 Å². The summed E-state index contributed by atoms with van der Waals surface area (Å²) in [6.07, 6.45) is 5.87. The van der Waals surface area contributed by atoms with Crippen molar-refractivity contribution in [2.24, 2.45) is 5.92 Å². The first-order valence-electron chi connectivity index (χ1n) is 7.40. The highest BCUT2D eigenvalue weighted by Gasteiger charge is 2.39. The summed E-state index contributed by atoms with van der Waals surface area (Å²) in [4.78, 5) is 0. The summed E-state index contributed by atoms with van der Waals surface area (Å²) in [6.45, 7) is 5.75. The molecule has 4 nitrogen and oxygen atoms in total. The molecule has 18 heavy (non-hydrogen) atoms. The quantitative estimate of drug-likeness (QED) is 0.826. The van der Waals surface area contributed by atoms with Gasteiger partial charge in [0, 0.05) is 32.8 Å². The Labute approximate surface area is 109 Å². The molecule has 4 heteroatoms. The second-order valence-corrected chi connectivity index (χ2v) is 5.95. The summed E-state index contributed by atoms with van der Waals surface area (Å²) in [5.41, 5.74) is 0.0646. The molecule has 3 heterocycles. The van der Waals surface area contributed by atoms with E-state index >= 15 is 0 Å². The Kier molecular flexibility index (Phi) is 4.19. The van der Waals surface area contributed by atoms with Crippen LogP contribution in [0.25, 0.3) is 0 Å². The highest BCUT2D eigenvalue weighted by molar-refractivity contribution is 4.89. The van der Waals surface area contributed by atoms with E-state index in [4.69, 9.17) is 14.2 Å². The molecule has 0 aromatic heterocycles. The zero-order valence-corrected chi connectivity index (χ0v) is 11.2. The van der Waals surface area contributed by atoms with E-state index < -0.39 is 0 Å². The predicted molar refractivity (Wildman–Crippen MR) is 68.7 cm³/mol. The fourth-order valence-electron chi connectivity index (χ4n) is 3.35. The largest absolute Gasteiger partial charge is 0.381 e. The van der Waals surface area contributed by atoms with Gasteiger partial charge in [0.15, 0.2) is 0 Å². The average molecular weight is 255 g/mol. The minimum absolute atomic E-state index is 0.0646. The lowest BCUT2D eigenvalue weighted by Crippen LogP contribution is -2.46. The molecular weight excluding hydrogens is 230 g/mol. The first-order valence-corrected chi connectivity index (χ1v) is 7.40. The maximum atomic E-state index is 6.13. The van der Waals surface area contributed by atoms with E-state index in [-0.39, 0.29) is 5.60 Å². The van der Waals surface area contributed by atoms with Crippen molar-refractivity contribution in [3.8, 4) is 0 Å². The van der Waals surface area contributed by atoms with Gasteiger partial charge in [-0.25, -0.2) is 0 Å². The Morgan fingerprint density at radius 1 is 1.17 bits per heavy atom. The smallest absolute Gasteiger partial charge is 0.0751 e. The van der Waals surface area contributed by atoms with Gasteiger partial charge in [0.1, 0.15) is 0 Å². The Morgan fingerprint density at radius 2 is 2.06 bits per heavy atom. The molecule has 0 amide bonds. The van der Waals surface area contributed by atoms with E-state index in [2.05, 4.69) is 5.32 Å². The van der Waals surface area contributed by atoms with E-state index in [0.29, 0.717) is 6.10 Å². The van der Waals surface area contributed by atoms with Crippen LogP contribution in [0.4, 0.5) is 0 Å². The fourth-order valence-corrected chi connectivity index (χ4v) is 3.35. The van der Waals surface area contributed by atoms with Crippen LogP contribution < -0.4 is 5.32 Å². The van der Waals surface area contributed by atoms with Crippen molar-refractivity contribution in [2.45, 2.75) is 43.8 Å². The molecule has 3 saturated heterocycles. The van der Waals surface area contributed by atoms with Gasteiger partial charge in [-0.1, -0.05) is 0 Å². The summed E-state index contributed by atoms with van der Waals surface area (Å²) in [5, 5.41) is 3.40. The van der Waals surface area contributed by atoms with Crippen molar-refractivity contribution < 1.29 is 14.2 Å². The molecule has 3 aliphatic rings. The van der Waals surface area contributed by atoms with Crippen molar-refractivity contribution in [1.29, 1.82) is 0 Å². The van der Waals surface area contributed by atoms with Gasteiger partial charge in [-0.3, -0.25) is 0 Å². The van der Waals surface area contributed by atoms with E-state index in [9.17, 15) is 0 Å². The maximum absolute atomic E-state index is 6.13. The second kappa shape index (κ2) is 5.87. The van der Waals surface area contributed by atoms with Crippen molar-refractivity contribution in [2.75, 3.05) is 39.5 Å². The van der Waals surface area contributed by atoms with Gasteiger partial charge in [0.25, 0.3) is 0 Å². The minimum Gasteiger partial charge on any atom is -0.381 e. The summed E-state index contributed by atoms with van der Waals surface area (Å²) in [5.74, 6) is 0.721. The fraction of sp³-hybridized carbons (Fsp3) is 1.00. The zero-order valence-electron chi connectivity index (χ0n) is 11.2. The van der Waals surface area contributed by atoms with Crippen LogP contribution in [0.2, 0.25) is 0 Å². The molecule has 2 atom stereocenters. The molecule has 0 bridgehead atoms. The summed E-state index contributed by atoms with van der Waals surface area (Å²) in [6, 6.07) is 0. The maximum Gasteiger partial charge on any atom is 0.0751 e. The first kappa shape index (κ1) is 12.9. The Bertz CT molecular complexity index is 254. The van der Waals surface area contributed by atoms with Crippen LogP contribution in [-0.2, 0) is 14.2 Å². The third-order valence-corrected chi connectivity index (χ3v) is 4.58. The van der Waals surface area contributed by atoms with Gasteiger partial charge in [0.05, 0.1) is 18.3 Å². The lowest BCUT2D eigenvalue weighted by atomic mass is 9.85. The Balaban J connectivity index is 1.47. The van der Waals surface area contributed by atoms with E-state index in [1.807, 2.05) is 0 Å². The molecule has 1 N–H and O–H groups in total. The van der Waals surface area contributed by atoms with E-state index in [1.54, 1.807) is 0 Å². The average Bonchev–Trinajstić information content (AvgIpc) is 2.91. The molecular formula is C14H25NO3. The summed E-state index contributed by atoms with van der Waals surface area (Å²) >= 11 is 0. The van der Waals surface area contributed by atoms with Crippen LogP contribution in [0.1, 0.15) is 32.1 Å². The van der Waals surface area contributed by atoms with Crippen LogP contribution in [0.3, 0.4) is 0 Å². The number of ether oxygens (including phenoxy) is 3. The summed E-state index contributed by atoms with van der Waals surface area (Å²) in [7, 11) is 0. The van der Waals surface area contributed by atoms with Gasteiger partial charge in [0.2, 0.25) is 0 Å². The molecule has 1 spiro atoms. The standard InChI is InChI=1S/C14H25NO3/c1-5-15-10-12(1)11-17-13-2-6-18-14(9-13)3-7-16-8-4-14/h12-13,15H,1-11H2. The zero-order chi connectivity index (χ0) is 12.3. The van der Waals surface area contributed by atoms with Crippen LogP contribution >= 0.6 is 0 Å². The molecule has 0 aliphatic carbocycles. The van der Waals surface area contributed by atoms with Gasteiger partial charge < -0.3 is 19.5 Å². The normalized spacial score (nSPS) is 36.0. The van der Waals surface area contributed by atoms with Crippen LogP contribution in [0.5, 0.6) is 0 Å². The molecule has 0 radical (unpaired) electrons. The highest BCUT2D eigenvalue weighted by Crippen LogP contribution is 2.35. The Morgan fingerprint density at radius 3 is 2.83 bits per heavy atom. The number of hydrogen-bond donors (Lipinski definition) is 1. The van der Waals surface area contributed by atoms with Crippen molar-refractivity contribution in [3.63, 3.8) is 0 Å². The Hall–Kier alpha value is -0.160. The lowest BCUT2D eigenvalue weighted by Gasteiger charge is -2.43. The minimum atomic E-state index is 0.0646. The van der Waals surface area contributed by atoms with Gasteiger partial charge in [-0.2, -0.15) is 0 Å².